The van der Waals surface area contributed by atoms with Crippen LogP contribution < -0.4 is 5.73 Å². The van der Waals surface area contributed by atoms with Crippen molar-refractivity contribution < 1.29 is 19.8 Å². The number of rotatable bonds is 4. The van der Waals surface area contributed by atoms with E-state index in [4.69, 9.17) is 15.9 Å². The maximum absolute atomic E-state index is 9.99. The van der Waals surface area contributed by atoms with E-state index in [2.05, 4.69) is 0 Å². The van der Waals surface area contributed by atoms with Gasteiger partial charge >= 0.3 is 64.5 Å². The third-order valence-electron chi connectivity index (χ3n) is 0.986. The molecule has 0 heterocycles. The van der Waals surface area contributed by atoms with Gasteiger partial charge in [-0.15, -0.1) is 0 Å². The average Bonchev–Trinajstić information content (AvgIpc) is 1.82. The molecule has 0 saturated heterocycles. The first-order chi connectivity index (χ1) is 4.54. The van der Waals surface area contributed by atoms with Crippen LogP contribution in [0.25, 0.3) is 0 Å². The Balaban J connectivity index is -0.000000135. The Morgan fingerprint density at radius 2 is 1.69 bits per heavy atom. The van der Waals surface area contributed by atoms with Crippen LogP contribution in [-0.2, 0) is 9.59 Å². The van der Waals surface area contributed by atoms with Crippen molar-refractivity contribution in [3.8, 4) is 0 Å². The van der Waals surface area contributed by atoms with E-state index >= 15 is 0 Å². The molecule has 0 saturated carbocycles. The van der Waals surface area contributed by atoms with E-state index in [9.17, 15) is 9.59 Å². The summed E-state index contributed by atoms with van der Waals surface area (Å²) in [5.41, 5.74) is 5.00. The van der Waals surface area contributed by atoms with Gasteiger partial charge in [-0.2, -0.15) is 0 Å². The van der Waals surface area contributed by atoms with E-state index in [1.54, 1.807) is 0 Å². The van der Waals surface area contributed by atoms with Crippen molar-refractivity contribution in [3.63, 3.8) is 0 Å². The van der Waals surface area contributed by atoms with Crippen LogP contribution in [0.5, 0.6) is 0 Å². The summed E-state index contributed by atoms with van der Waals surface area (Å²) in [4.78, 5) is 19.9. The molecule has 0 aliphatic heterocycles. The van der Waals surface area contributed by atoms with Gasteiger partial charge in [0.25, 0.3) is 0 Å². The molecule has 0 aromatic heterocycles. The maximum atomic E-state index is 9.99. The SMILES string of the molecule is N[C@@H](CCC(=O)O)C(=O)O.[AlH3].[MgH2].[NaH]. The van der Waals surface area contributed by atoms with E-state index < -0.39 is 18.0 Å². The Hall–Kier alpha value is 1.20. The van der Waals surface area contributed by atoms with Gasteiger partial charge in [-0.05, 0) is 6.42 Å². The molecule has 0 bridgehead atoms. The molecule has 70 valence electrons. The van der Waals surface area contributed by atoms with E-state index in [1.165, 1.54) is 0 Å². The molecule has 0 aliphatic rings. The fraction of sp³-hybridized carbons (Fsp3) is 0.600. The topological polar surface area (TPSA) is 101 Å². The monoisotopic (exact) mass is 227 g/mol. The van der Waals surface area contributed by atoms with Gasteiger partial charge in [-0.3, -0.25) is 9.59 Å². The number of hydrogen-bond donors (Lipinski definition) is 3. The molecular weight excluding hydrogens is 212 g/mol. The van der Waals surface area contributed by atoms with Gasteiger partial charge in [0, 0.05) is 6.42 Å². The van der Waals surface area contributed by atoms with Crippen molar-refractivity contribution in [1.82, 2.24) is 0 Å². The summed E-state index contributed by atoms with van der Waals surface area (Å²) in [6.45, 7) is 0. The van der Waals surface area contributed by atoms with Crippen LogP contribution in [-0.4, -0.2) is 98.2 Å². The number of carboxylic acid groups (broad SMARTS) is 2. The first kappa shape index (κ1) is 23.8. The molecule has 1 atom stereocenters. The molecule has 0 rings (SSSR count). The van der Waals surface area contributed by atoms with E-state index in [0.29, 0.717) is 0 Å². The van der Waals surface area contributed by atoms with Crippen LogP contribution in [0.4, 0.5) is 0 Å². The second-order valence-electron chi connectivity index (χ2n) is 1.88. The molecule has 13 heavy (non-hydrogen) atoms. The van der Waals surface area contributed by atoms with E-state index in [0.717, 1.165) is 0 Å². The molecule has 0 amide bonds. The summed E-state index contributed by atoms with van der Waals surface area (Å²) in [5.74, 6) is -2.20. The molecule has 8 heteroatoms. The summed E-state index contributed by atoms with van der Waals surface area (Å²) < 4.78 is 0. The normalized spacial score (nSPS) is 9.62. The standard InChI is InChI=1S/C5H9NO4.Al.Mg.Na.6H/c6-3(5(9)10)1-2-4(7)8;;;;;;;;;/h3H,1-2,6H2,(H,7,8)(H,9,10);;;;;;;;;/t3-;;;;;;;;;/m0........./s1. The van der Waals surface area contributed by atoms with Crippen molar-refractivity contribution >= 4 is 81.9 Å². The van der Waals surface area contributed by atoms with Crippen LogP contribution in [0.15, 0.2) is 0 Å². The molecule has 0 unspecified atom stereocenters. The van der Waals surface area contributed by atoms with Crippen LogP contribution in [0.1, 0.15) is 12.8 Å². The number of aliphatic carboxylic acids is 2. The second-order valence-corrected chi connectivity index (χ2v) is 1.88. The van der Waals surface area contributed by atoms with Crippen molar-refractivity contribution in [1.29, 1.82) is 0 Å². The predicted molar refractivity (Wildman–Crippen MR) is 58.1 cm³/mol. The average molecular weight is 227 g/mol. The van der Waals surface area contributed by atoms with Crippen molar-refractivity contribution in [2.24, 2.45) is 5.73 Å². The molecule has 0 aliphatic carbocycles. The van der Waals surface area contributed by atoms with Gasteiger partial charge < -0.3 is 15.9 Å². The summed E-state index contributed by atoms with van der Waals surface area (Å²) in [5, 5.41) is 16.3. The number of carboxylic acids is 2. The number of hydrogen-bond acceptors (Lipinski definition) is 3. The van der Waals surface area contributed by atoms with E-state index in [-0.39, 0.29) is 82.8 Å². The van der Waals surface area contributed by atoms with Crippen molar-refractivity contribution in [2.45, 2.75) is 18.9 Å². The van der Waals surface area contributed by atoms with Crippen LogP contribution in [0, 0.1) is 0 Å². The predicted octanol–water partition coefficient (Wildman–Crippen LogP) is -3.49. The summed E-state index contributed by atoms with van der Waals surface area (Å²) >= 11 is 0. The zero-order valence-corrected chi connectivity index (χ0v) is 5.28. The van der Waals surface area contributed by atoms with Crippen molar-refractivity contribution in [2.75, 3.05) is 0 Å². The summed E-state index contributed by atoms with van der Waals surface area (Å²) in [6.07, 6.45) is -0.224. The molecule has 0 fully saturated rings. The second kappa shape index (κ2) is 13.2. The van der Waals surface area contributed by atoms with E-state index in [1.807, 2.05) is 0 Å². The molecular formula is C5H15AlMgNNaO4. The fourth-order valence-corrected chi connectivity index (χ4v) is 0.402. The van der Waals surface area contributed by atoms with Gasteiger partial charge in [0.1, 0.15) is 6.04 Å². The van der Waals surface area contributed by atoms with Crippen LogP contribution in [0.3, 0.4) is 0 Å². The fourth-order valence-electron chi connectivity index (χ4n) is 0.402. The van der Waals surface area contributed by atoms with Crippen LogP contribution >= 0.6 is 0 Å². The third-order valence-corrected chi connectivity index (χ3v) is 0.986. The third kappa shape index (κ3) is 15.9. The Bertz CT molecular complexity index is 159. The Morgan fingerprint density at radius 3 is 1.92 bits per heavy atom. The van der Waals surface area contributed by atoms with Gasteiger partial charge in [-0.25, -0.2) is 0 Å². The Morgan fingerprint density at radius 1 is 1.31 bits per heavy atom. The number of nitrogens with two attached hydrogens (primary N) is 1. The molecule has 5 nitrogen and oxygen atoms in total. The minimum atomic E-state index is -1.17. The summed E-state index contributed by atoms with van der Waals surface area (Å²) in [6, 6.07) is -1.06. The zero-order chi connectivity index (χ0) is 8.15. The molecule has 0 radical (unpaired) electrons. The number of carbonyl (C=O) groups is 2. The minimum absolute atomic E-state index is 0. The molecule has 0 aromatic rings. The first-order valence-electron chi connectivity index (χ1n) is 2.74. The van der Waals surface area contributed by atoms with Gasteiger partial charge in [0.05, 0.1) is 0 Å². The van der Waals surface area contributed by atoms with Crippen LogP contribution in [0.2, 0.25) is 0 Å². The molecule has 0 aromatic carbocycles. The van der Waals surface area contributed by atoms with Gasteiger partial charge in [-0.1, -0.05) is 0 Å². The Labute approximate surface area is 125 Å². The molecule has 4 N–H and O–H groups in total. The van der Waals surface area contributed by atoms with Crippen molar-refractivity contribution in [3.05, 3.63) is 0 Å². The summed E-state index contributed by atoms with van der Waals surface area (Å²) in [7, 11) is 0. The quantitative estimate of drug-likeness (QED) is 0.433. The molecule has 0 spiro atoms. The van der Waals surface area contributed by atoms with Gasteiger partial charge in [0.15, 0.2) is 17.4 Å². The Kier molecular flexibility index (Phi) is 24.1. The first-order valence-corrected chi connectivity index (χ1v) is 2.74. The van der Waals surface area contributed by atoms with Gasteiger partial charge in [0.2, 0.25) is 0 Å². The zero-order valence-electron chi connectivity index (χ0n) is 5.28.